The average Bonchev–Trinajstić information content (AvgIpc) is 2.94. The smallest absolute Gasteiger partial charge is 0.266 e. The third kappa shape index (κ3) is 4.84. The first-order valence-electron chi connectivity index (χ1n) is 8.63. The van der Waals surface area contributed by atoms with Crippen molar-refractivity contribution in [2.24, 2.45) is 0 Å². The van der Waals surface area contributed by atoms with E-state index >= 15 is 0 Å². The van der Waals surface area contributed by atoms with Crippen LogP contribution < -0.4 is 5.32 Å². The highest BCUT2D eigenvalue weighted by Gasteiger charge is 2.15. The molecule has 0 bridgehead atoms. The predicted octanol–water partition coefficient (Wildman–Crippen LogP) is 6.55. The molecule has 1 amide bonds. The van der Waals surface area contributed by atoms with E-state index in [0.29, 0.717) is 15.7 Å². The fraction of sp³-hybridized carbons (Fsp3) is 0.0909. The normalized spacial score (nSPS) is 11.2. The minimum Gasteiger partial charge on any atom is -0.320 e. The summed E-state index contributed by atoms with van der Waals surface area (Å²) in [5, 5.41) is 13.4. The second kappa shape index (κ2) is 9.04. The van der Waals surface area contributed by atoms with Crippen LogP contribution in [0, 0.1) is 28.7 Å². The van der Waals surface area contributed by atoms with Crippen LogP contribution >= 0.6 is 45.8 Å². The molecule has 0 saturated carbocycles. The number of para-hydroxylation sites is 1. The zero-order chi connectivity index (χ0) is 21.1. The standard InChI is InChI=1S/C22H16Cl2IN3O/c1-13-7-15(14(2)28(13)19-10-17(23)9-18(24)11-19)8-16(12-26)22(29)27-21-6-4-3-5-20(21)25/h3-11H,1-2H3,(H,27,29)/b16-8-. The van der Waals surface area contributed by atoms with Crippen LogP contribution in [0.5, 0.6) is 0 Å². The van der Waals surface area contributed by atoms with Gasteiger partial charge in [0.1, 0.15) is 11.6 Å². The van der Waals surface area contributed by atoms with Crippen LogP contribution in [-0.2, 0) is 4.79 Å². The zero-order valence-electron chi connectivity index (χ0n) is 15.6. The Morgan fingerprint density at radius 1 is 1.14 bits per heavy atom. The summed E-state index contributed by atoms with van der Waals surface area (Å²) in [5.41, 5.74) is 4.08. The number of nitrogens with zero attached hydrogens (tertiary/aromatic N) is 2. The summed E-state index contributed by atoms with van der Waals surface area (Å²) in [5.74, 6) is -0.452. The number of aryl methyl sites for hydroxylation is 1. The van der Waals surface area contributed by atoms with Crippen molar-refractivity contribution in [1.82, 2.24) is 4.57 Å². The number of carbonyl (C=O) groups excluding carboxylic acids is 1. The van der Waals surface area contributed by atoms with Gasteiger partial charge in [-0.05, 0) is 84.5 Å². The quantitative estimate of drug-likeness (QED) is 0.234. The first kappa shape index (κ1) is 21.4. The van der Waals surface area contributed by atoms with Gasteiger partial charge in [0, 0.05) is 30.7 Å². The zero-order valence-corrected chi connectivity index (χ0v) is 19.3. The van der Waals surface area contributed by atoms with Gasteiger partial charge >= 0.3 is 0 Å². The topological polar surface area (TPSA) is 57.8 Å². The summed E-state index contributed by atoms with van der Waals surface area (Å²) in [6.07, 6.45) is 1.59. The number of nitriles is 1. The molecule has 0 aliphatic rings. The van der Waals surface area contributed by atoms with E-state index in [0.717, 1.165) is 26.2 Å². The summed E-state index contributed by atoms with van der Waals surface area (Å²) >= 11 is 14.4. The molecule has 3 rings (SSSR count). The summed E-state index contributed by atoms with van der Waals surface area (Å²) < 4.78 is 2.88. The Kier molecular flexibility index (Phi) is 6.68. The van der Waals surface area contributed by atoms with Crippen LogP contribution in [0.1, 0.15) is 17.0 Å². The molecular formula is C22H16Cl2IN3O. The highest BCUT2D eigenvalue weighted by Crippen LogP contribution is 2.27. The third-order valence-corrected chi connectivity index (χ3v) is 5.74. The molecule has 3 aromatic rings. The van der Waals surface area contributed by atoms with Crippen molar-refractivity contribution in [3.63, 3.8) is 0 Å². The number of benzene rings is 2. The van der Waals surface area contributed by atoms with Crippen molar-refractivity contribution in [3.05, 3.63) is 84.7 Å². The molecule has 0 aliphatic heterocycles. The van der Waals surface area contributed by atoms with Gasteiger partial charge in [-0.3, -0.25) is 4.79 Å². The van der Waals surface area contributed by atoms with E-state index in [4.69, 9.17) is 23.2 Å². The lowest BCUT2D eigenvalue weighted by molar-refractivity contribution is -0.112. The average molecular weight is 536 g/mol. The van der Waals surface area contributed by atoms with Crippen LogP contribution in [0.3, 0.4) is 0 Å². The van der Waals surface area contributed by atoms with Gasteiger partial charge in [0.05, 0.1) is 5.69 Å². The molecule has 0 atom stereocenters. The van der Waals surface area contributed by atoms with Crippen molar-refractivity contribution in [2.75, 3.05) is 5.32 Å². The van der Waals surface area contributed by atoms with Gasteiger partial charge in [0.25, 0.3) is 5.91 Å². The molecule has 0 fully saturated rings. The number of anilines is 1. The number of nitrogens with one attached hydrogen (secondary N) is 1. The minimum atomic E-state index is -0.452. The van der Waals surface area contributed by atoms with Gasteiger partial charge in [-0.1, -0.05) is 35.3 Å². The highest BCUT2D eigenvalue weighted by atomic mass is 127. The summed E-state index contributed by atoms with van der Waals surface area (Å²) in [4.78, 5) is 12.6. The second-order valence-corrected chi connectivity index (χ2v) is 8.43. The van der Waals surface area contributed by atoms with Crippen LogP contribution in [-0.4, -0.2) is 10.5 Å². The Morgan fingerprint density at radius 3 is 2.41 bits per heavy atom. The van der Waals surface area contributed by atoms with E-state index in [9.17, 15) is 10.1 Å². The molecule has 0 spiro atoms. The molecule has 0 unspecified atom stereocenters. The van der Waals surface area contributed by atoms with Crippen molar-refractivity contribution in [1.29, 1.82) is 5.26 Å². The number of rotatable bonds is 4. The number of hydrogen-bond donors (Lipinski definition) is 1. The maximum absolute atomic E-state index is 12.6. The highest BCUT2D eigenvalue weighted by molar-refractivity contribution is 14.1. The lowest BCUT2D eigenvalue weighted by atomic mass is 10.1. The summed E-state index contributed by atoms with van der Waals surface area (Å²) in [6.45, 7) is 3.86. The molecule has 4 nitrogen and oxygen atoms in total. The van der Waals surface area contributed by atoms with Gasteiger partial charge in [0.15, 0.2) is 0 Å². The van der Waals surface area contributed by atoms with E-state index in [1.807, 2.05) is 60.9 Å². The van der Waals surface area contributed by atoms with Gasteiger partial charge < -0.3 is 9.88 Å². The Balaban J connectivity index is 1.98. The van der Waals surface area contributed by atoms with Crippen molar-refractivity contribution < 1.29 is 4.79 Å². The summed E-state index contributed by atoms with van der Waals surface area (Å²) in [7, 11) is 0. The Bertz CT molecular complexity index is 1160. The molecule has 29 heavy (non-hydrogen) atoms. The fourth-order valence-electron chi connectivity index (χ4n) is 3.06. The minimum absolute atomic E-state index is 0.0222. The molecule has 1 N–H and O–H groups in total. The third-order valence-electron chi connectivity index (χ3n) is 4.36. The van der Waals surface area contributed by atoms with Gasteiger partial charge in [0.2, 0.25) is 0 Å². The van der Waals surface area contributed by atoms with E-state index in [1.165, 1.54) is 0 Å². The van der Waals surface area contributed by atoms with Gasteiger partial charge in [-0.15, -0.1) is 0 Å². The van der Waals surface area contributed by atoms with E-state index in [1.54, 1.807) is 18.2 Å². The molecule has 1 heterocycles. The SMILES string of the molecule is Cc1cc(/C=C(/C#N)C(=O)Nc2ccccc2I)c(C)n1-c1cc(Cl)cc(Cl)c1. The monoisotopic (exact) mass is 535 g/mol. The van der Waals surface area contributed by atoms with Crippen molar-refractivity contribution in [2.45, 2.75) is 13.8 Å². The van der Waals surface area contributed by atoms with Crippen molar-refractivity contribution >= 4 is 63.5 Å². The number of amides is 1. The van der Waals surface area contributed by atoms with Crippen LogP contribution in [0.15, 0.2) is 54.1 Å². The van der Waals surface area contributed by atoms with E-state index in [2.05, 4.69) is 27.9 Å². The summed E-state index contributed by atoms with van der Waals surface area (Å²) in [6, 6.07) is 16.6. The van der Waals surface area contributed by atoms with Gasteiger partial charge in [-0.2, -0.15) is 5.26 Å². The van der Waals surface area contributed by atoms with E-state index in [-0.39, 0.29) is 5.57 Å². The lowest BCUT2D eigenvalue weighted by Crippen LogP contribution is -2.14. The number of carbonyl (C=O) groups is 1. The molecule has 1 aromatic heterocycles. The number of halogens is 3. The number of aromatic nitrogens is 1. The van der Waals surface area contributed by atoms with Crippen molar-refractivity contribution in [3.8, 4) is 11.8 Å². The van der Waals surface area contributed by atoms with E-state index < -0.39 is 5.91 Å². The van der Waals surface area contributed by atoms with Crippen LogP contribution in [0.2, 0.25) is 10.0 Å². The molecule has 2 aromatic carbocycles. The lowest BCUT2D eigenvalue weighted by Gasteiger charge is -2.11. The second-order valence-electron chi connectivity index (χ2n) is 6.39. The van der Waals surface area contributed by atoms with Gasteiger partial charge in [-0.25, -0.2) is 0 Å². The maximum Gasteiger partial charge on any atom is 0.266 e. The fourth-order valence-corrected chi connectivity index (χ4v) is 4.09. The number of hydrogen-bond acceptors (Lipinski definition) is 2. The predicted molar refractivity (Wildman–Crippen MR) is 127 cm³/mol. The molecule has 146 valence electrons. The first-order chi connectivity index (χ1) is 13.8. The molecular weight excluding hydrogens is 520 g/mol. The maximum atomic E-state index is 12.6. The Hall–Kier alpha value is -2.27. The Morgan fingerprint density at radius 2 is 1.79 bits per heavy atom. The molecule has 0 radical (unpaired) electrons. The molecule has 0 aliphatic carbocycles. The van der Waals surface area contributed by atoms with Crippen LogP contribution in [0.4, 0.5) is 5.69 Å². The largest absolute Gasteiger partial charge is 0.320 e. The molecule has 0 saturated heterocycles. The molecule has 7 heteroatoms. The van der Waals surface area contributed by atoms with Crippen LogP contribution in [0.25, 0.3) is 11.8 Å². The first-order valence-corrected chi connectivity index (χ1v) is 10.5. The Labute approximate surface area is 192 Å².